The Morgan fingerprint density at radius 2 is 2.38 bits per heavy atom. The highest BCUT2D eigenvalue weighted by Crippen LogP contribution is 2.40. The molecule has 11 heteroatoms. The highest BCUT2D eigenvalue weighted by Gasteiger charge is 2.37. The first-order valence-corrected chi connectivity index (χ1v) is 9.28. The Balaban J connectivity index is 1.81. The molecule has 1 aromatic carbocycles. The zero-order valence-corrected chi connectivity index (χ0v) is 14.4. The number of aromatic nitrogens is 3. The van der Waals surface area contributed by atoms with Gasteiger partial charge < -0.3 is 20.6 Å². The van der Waals surface area contributed by atoms with Crippen LogP contribution >= 0.6 is 23.5 Å². The molecule has 1 aliphatic heterocycles. The first-order chi connectivity index (χ1) is 11.5. The van der Waals surface area contributed by atoms with Gasteiger partial charge in [0.05, 0.1) is 0 Å². The van der Waals surface area contributed by atoms with E-state index in [0.717, 1.165) is 5.56 Å². The number of hydrogen-bond donors (Lipinski definition) is 3. The van der Waals surface area contributed by atoms with E-state index in [4.69, 9.17) is 10.5 Å². The summed E-state index contributed by atoms with van der Waals surface area (Å²) in [5.41, 5.74) is 0.877. The van der Waals surface area contributed by atoms with Gasteiger partial charge in [-0.05, 0) is 24.3 Å². The van der Waals surface area contributed by atoms with Crippen LogP contribution in [0.2, 0.25) is 5.82 Å². The van der Waals surface area contributed by atoms with Crippen LogP contribution in [0.5, 0.6) is 5.75 Å². The molecular weight excluding hydrogens is 351 g/mol. The Morgan fingerprint density at radius 3 is 3.00 bits per heavy atom. The molecule has 0 spiro atoms. The van der Waals surface area contributed by atoms with Crippen molar-refractivity contribution in [2.24, 2.45) is 0 Å². The molecule has 1 aromatic heterocycles. The normalized spacial score (nSPS) is 16.6. The van der Waals surface area contributed by atoms with Gasteiger partial charge >= 0.3 is 13.1 Å². The van der Waals surface area contributed by atoms with Gasteiger partial charge in [-0.25, -0.2) is 9.47 Å². The predicted octanol–water partition coefficient (Wildman–Crippen LogP) is 0.990. The van der Waals surface area contributed by atoms with E-state index < -0.39 is 13.1 Å². The van der Waals surface area contributed by atoms with Crippen molar-refractivity contribution in [2.75, 3.05) is 17.9 Å². The number of thioether (sulfide) groups is 2. The van der Waals surface area contributed by atoms with Crippen molar-refractivity contribution in [3.05, 3.63) is 29.6 Å². The summed E-state index contributed by atoms with van der Waals surface area (Å²) in [7, 11) is -1.09. The van der Waals surface area contributed by atoms with E-state index in [-0.39, 0.29) is 17.1 Å². The van der Waals surface area contributed by atoms with Crippen molar-refractivity contribution in [1.29, 1.82) is 0 Å². The van der Waals surface area contributed by atoms with Crippen LogP contribution in [0.4, 0.5) is 0 Å². The lowest BCUT2D eigenvalue weighted by Gasteiger charge is -2.28. The zero-order valence-electron chi connectivity index (χ0n) is 12.7. The van der Waals surface area contributed by atoms with E-state index in [0.29, 0.717) is 22.2 Å². The Morgan fingerprint density at radius 1 is 1.58 bits per heavy atom. The van der Waals surface area contributed by atoms with Crippen LogP contribution < -0.4 is 10.5 Å². The van der Waals surface area contributed by atoms with Crippen LogP contribution in [0.15, 0.2) is 28.5 Å². The molecule has 0 amide bonds. The van der Waals surface area contributed by atoms with Gasteiger partial charge in [-0.3, -0.25) is 0 Å². The SMILES string of the molecule is CSc1ccc2c(c1C(=O)O)OB(O)[C@@H](CSc1nncn1N)C2. The number of fused-ring (bicyclic) bond motifs is 1. The molecular formula is C13H15BN4O4S2. The maximum atomic E-state index is 11.5. The Hall–Kier alpha value is -1.85. The third-order valence-corrected chi connectivity index (χ3v) is 5.65. The summed E-state index contributed by atoms with van der Waals surface area (Å²) in [6.45, 7) is 0. The topological polar surface area (TPSA) is 123 Å². The number of nitrogens with two attached hydrogens (primary N) is 1. The van der Waals surface area contributed by atoms with Crippen molar-refractivity contribution in [3.8, 4) is 5.75 Å². The molecule has 3 rings (SSSR count). The molecule has 0 radical (unpaired) electrons. The lowest BCUT2D eigenvalue weighted by atomic mass is 9.67. The summed E-state index contributed by atoms with van der Waals surface area (Å²) < 4.78 is 6.86. The average Bonchev–Trinajstić information content (AvgIpc) is 2.96. The summed E-state index contributed by atoms with van der Waals surface area (Å²) >= 11 is 2.69. The predicted molar refractivity (Wildman–Crippen MR) is 92.1 cm³/mol. The van der Waals surface area contributed by atoms with Gasteiger partial charge in [-0.2, -0.15) is 0 Å². The molecule has 4 N–H and O–H groups in total. The van der Waals surface area contributed by atoms with E-state index in [2.05, 4.69) is 10.2 Å². The number of hydrogen-bond acceptors (Lipinski definition) is 8. The van der Waals surface area contributed by atoms with Gasteiger partial charge in [0.1, 0.15) is 17.6 Å². The molecule has 8 nitrogen and oxygen atoms in total. The Bertz CT molecular complexity index is 772. The fraction of sp³-hybridized carbons (Fsp3) is 0.308. The third kappa shape index (κ3) is 3.19. The van der Waals surface area contributed by atoms with Crippen LogP contribution in [-0.4, -0.2) is 50.1 Å². The van der Waals surface area contributed by atoms with Crippen LogP contribution in [0.3, 0.4) is 0 Å². The smallest absolute Gasteiger partial charge is 0.527 e. The van der Waals surface area contributed by atoms with Crippen molar-refractivity contribution >= 4 is 36.6 Å². The van der Waals surface area contributed by atoms with E-state index in [9.17, 15) is 14.9 Å². The summed E-state index contributed by atoms with van der Waals surface area (Å²) in [4.78, 5) is 12.2. The van der Waals surface area contributed by atoms with Gasteiger partial charge in [0.2, 0.25) is 5.16 Å². The van der Waals surface area contributed by atoms with Crippen molar-refractivity contribution < 1.29 is 19.6 Å². The lowest BCUT2D eigenvalue weighted by molar-refractivity contribution is 0.0690. The number of carboxylic acids is 1. The van der Waals surface area contributed by atoms with E-state index in [1.807, 2.05) is 6.07 Å². The summed E-state index contributed by atoms with van der Waals surface area (Å²) in [6, 6.07) is 3.62. The van der Waals surface area contributed by atoms with Crippen LogP contribution in [0.1, 0.15) is 15.9 Å². The Labute approximate surface area is 146 Å². The molecule has 0 fully saturated rings. The molecule has 0 unspecified atom stereocenters. The molecule has 0 aliphatic carbocycles. The second-order valence-corrected chi connectivity index (χ2v) is 7.08. The van der Waals surface area contributed by atoms with Gasteiger partial charge in [0.15, 0.2) is 0 Å². The average molecular weight is 366 g/mol. The monoisotopic (exact) mass is 366 g/mol. The number of aromatic carboxylic acids is 1. The standard InChI is InChI=1S/C13H15BN4O4S2/c1-23-9-3-2-7-4-8(5-24-13-17-16-6-18(13)15)14(21)22-11(7)10(9)12(19)20/h2-3,6,8,21H,4-5,15H2,1H3,(H,19,20)/t8-/m1/s1. The van der Waals surface area contributed by atoms with Crippen molar-refractivity contribution in [1.82, 2.24) is 14.9 Å². The first-order valence-electron chi connectivity index (χ1n) is 7.07. The molecule has 0 bridgehead atoms. The maximum absolute atomic E-state index is 11.5. The number of nitrogens with zero attached hydrogens (tertiary/aromatic N) is 3. The van der Waals surface area contributed by atoms with Crippen molar-refractivity contribution in [2.45, 2.75) is 22.3 Å². The first kappa shape index (κ1) is 17.0. The number of benzene rings is 1. The van der Waals surface area contributed by atoms with Crippen LogP contribution in [-0.2, 0) is 6.42 Å². The summed E-state index contributed by atoms with van der Waals surface area (Å²) in [5, 5.41) is 27.8. The van der Waals surface area contributed by atoms with Gasteiger partial charge in [-0.1, -0.05) is 17.8 Å². The minimum Gasteiger partial charge on any atom is -0.535 e. The number of nitrogen functional groups attached to an aromatic ring is 1. The lowest BCUT2D eigenvalue weighted by Crippen LogP contribution is -2.36. The second kappa shape index (κ2) is 6.95. The fourth-order valence-corrected chi connectivity index (χ4v) is 4.07. The van der Waals surface area contributed by atoms with Crippen LogP contribution in [0, 0.1) is 0 Å². The molecule has 126 valence electrons. The molecule has 0 saturated carbocycles. The molecule has 1 aliphatic rings. The molecule has 1 atom stereocenters. The molecule has 24 heavy (non-hydrogen) atoms. The zero-order chi connectivity index (χ0) is 17.3. The minimum atomic E-state index is -1.09. The molecule has 2 aromatic rings. The minimum absolute atomic E-state index is 0.104. The van der Waals surface area contributed by atoms with Gasteiger partial charge in [-0.15, -0.1) is 22.0 Å². The Kier molecular flexibility index (Phi) is 4.92. The number of carbonyl (C=O) groups is 1. The van der Waals surface area contributed by atoms with E-state index in [1.54, 1.807) is 12.3 Å². The molecule has 0 saturated heterocycles. The highest BCUT2D eigenvalue weighted by molar-refractivity contribution is 7.99. The second-order valence-electron chi connectivity index (χ2n) is 5.24. The number of rotatable bonds is 5. The van der Waals surface area contributed by atoms with Gasteiger partial charge in [0, 0.05) is 16.5 Å². The largest absolute Gasteiger partial charge is 0.535 e. The van der Waals surface area contributed by atoms with Gasteiger partial charge in [0.25, 0.3) is 0 Å². The summed E-state index contributed by atoms with van der Waals surface area (Å²) in [5.74, 6) is 5.16. The summed E-state index contributed by atoms with van der Waals surface area (Å²) in [6.07, 6.45) is 3.71. The third-order valence-electron chi connectivity index (χ3n) is 3.73. The van der Waals surface area contributed by atoms with E-state index in [1.165, 1.54) is 34.5 Å². The van der Waals surface area contributed by atoms with Crippen LogP contribution in [0.25, 0.3) is 0 Å². The number of carboxylic acid groups (broad SMARTS) is 1. The fourth-order valence-electron chi connectivity index (χ4n) is 2.53. The molecule has 2 heterocycles. The highest BCUT2D eigenvalue weighted by atomic mass is 32.2. The van der Waals surface area contributed by atoms with E-state index >= 15 is 0 Å². The quantitative estimate of drug-likeness (QED) is 0.404. The van der Waals surface area contributed by atoms with Crippen molar-refractivity contribution in [3.63, 3.8) is 0 Å². The maximum Gasteiger partial charge on any atom is 0.527 e.